The Balaban J connectivity index is 2.08. The molecule has 0 radical (unpaired) electrons. The number of thiazole rings is 1. The number of fused-ring (bicyclic) bond motifs is 1. The van der Waals surface area contributed by atoms with E-state index < -0.39 is 30.9 Å². The number of nitrogens with zero attached hydrogens (tertiary/aromatic N) is 3. The van der Waals surface area contributed by atoms with Crippen LogP contribution in [0.1, 0.15) is 5.69 Å². The van der Waals surface area contributed by atoms with Gasteiger partial charge in [-0.3, -0.25) is 18.8 Å². The molecule has 0 aliphatic heterocycles. The molecule has 2 N–H and O–H groups in total. The normalized spacial score (nSPS) is 10.6. The van der Waals surface area contributed by atoms with Crippen LogP contribution in [-0.2, 0) is 20.8 Å². The van der Waals surface area contributed by atoms with Crippen molar-refractivity contribution in [2.24, 2.45) is 0 Å². The maximum absolute atomic E-state index is 11.9. The van der Waals surface area contributed by atoms with Crippen LogP contribution < -0.4 is 0 Å². The molecule has 0 aliphatic rings. The Bertz CT molecular complexity index is 617. The summed E-state index contributed by atoms with van der Waals surface area (Å²) in [5.41, 5.74) is 0.475. The molecule has 106 valence electrons. The van der Waals surface area contributed by atoms with Crippen LogP contribution in [0.5, 0.6) is 0 Å². The molecular weight excluding hydrogens is 286 g/mol. The standard InChI is InChI=1S/C11H11N3O5S/c15-8(14(5-9(16)17)6-10(18)19)3-7-4-13-1-2-20-11(13)12-7/h1-2,4H,3,5-6H2,(H,16,17)(H,18,19). The van der Waals surface area contributed by atoms with Gasteiger partial charge in [0.1, 0.15) is 13.1 Å². The number of carboxylic acid groups (broad SMARTS) is 2. The first-order valence-electron chi connectivity index (χ1n) is 5.58. The predicted molar refractivity (Wildman–Crippen MR) is 68.6 cm³/mol. The van der Waals surface area contributed by atoms with Crippen LogP contribution in [0, 0.1) is 0 Å². The molecule has 0 spiro atoms. The summed E-state index contributed by atoms with van der Waals surface area (Å²) in [5.74, 6) is -3.10. The van der Waals surface area contributed by atoms with Gasteiger partial charge >= 0.3 is 11.9 Å². The highest BCUT2D eigenvalue weighted by Gasteiger charge is 2.20. The van der Waals surface area contributed by atoms with E-state index in [0.29, 0.717) is 5.69 Å². The minimum absolute atomic E-state index is 0.130. The highest BCUT2D eigenvalue weighted by atomic mass is 32.1. The number of aliphatic carboxylic acids is 2. The van der Waals surface area contributed by atoms with E-state index in [4.69, 9.17) is 10.2 Å². The van der Waals surface area contributed by atoms with Crippen LogP contribution in [0.4, 0.5) is 0 Å². The predicted octanol–water partition coefficient (Wildman–Crippen LogP) is -0.0639. The van der Waals surface area contributed by atoms with Crippen LogP contribution in [-0.4, -0.2) is 55.4 Å². The van der Waals surface area contributed by atoms with E-state index >= 15 is 0 Å². The summed E-state index contributed by atoms with van der Waals surface area (Å²) >= 11 is 1.40. The fraction of sp³-hybridized carbons (Fsp3) is 0.273. The largest absolute Gasteiger partial charge is 0.480 e. The van der Waals surface area contributed by atoms with Crippen molar-refractivity contribution in [2.45, 2.75) is 6.42 Å². The summed E-state index contributed by atoms with van der Waals surface area (Å²) in [7, 11) is 0. The Morgan fingerprint density at radius 1 is 1.25 bits per heavy atom. The lowest BCUT2D eigenvalue weighted by atomic mass is 10.3. The Kier molecular flexibility index (Phi) is 3.99. The molecule has 0 bridgehead atoms. The minimum Gasteiger partial charge on any atom is -0.480 e. The van der Waals surface area contributed by atoms with Gasteiger partial charge in [0.05, 0.1) is 12.1 Å². The molecular formula is C11H11N3O5S. The Morgan fingerprint density at radius 2 is 1.90 bits per heavy atom. The third-order valence-corrected chi connectivity index (χ3v) is 3.25. The molecule has 0 aliphatic carbocycles. The van der Waals surface area contributed by atoms with Gasteiger partial charge in [-0.25, -0.2) is 4.98 Å². The molecule has 0 atom stereocenters. The minimum atomic E-state index is -1.26. The maximum atomic E-state index is 11.9. The van der Waals surface area contributed by atoms with Crippen molar-refractivity contribution in [1.82, 2.24) is 14.3 Å². The monoisotopic (exact) mass is 297 g/mol. The number of aromatic nitrogens is 2. The molecule has 0 fully saturated rings. The first-order chi connectivity index (χ1) is 9.45. The number of rotatable bonds is 6. The smallest absolute Gasteiger partial charge is 0.323 e. The molecule has 2 aromatic rings. The third kappa shape index (κ3) is 3.32. The van der Waals surface area contributed by atoms with E-state index in [1.807, 2.05) is 5.38 Å². The van der Waals surface area contributed by atoms with E-state index in [1.165, 1.54) is 11.3 Å². The number of hydrogen-bond acceptors (Lipinski definition) is 5. The van der Waals surface area contributed by atoms with Crippen molar-refractivity contribution < 1.29 is 24.6 Å². The SMILES string of the molecule is O=C(O)CN(CC(=O)O)C(=O)Cc1cn2ccsc2n1. The van der Waals surface area contributed by atoms with Gasteiger partial charge in [-0.15, -0.1) is 11.3 Å². The van der Waals surface area contributed by atoms with Gasteiger partial charge < -0.3 is 15.1 Å². The second-order valence-electron chi connectivity index (χ2n) is 4.04. The maximum Gasteiger partial charge on any atom is 0.323 e. The molecule has 0 unspecified atom stereocenters. The van der Waals surface area contributed by atoms with Crippen molar-refractivity contribution in [3.05, 3.63) is 23.5 Å². The lowest BCUT2D eigenvalue weighted by Gasteiger charge is -2.17. The van der Waals surface area contributed by atoms with Gasteiger partial charge in [-0.2, -0.15) is 0 Å². The molecule has 8 nitrogen and oxygen atoms in total. The average molecular weight is 297 g/mol. The molecule has 0 saturated carbocycles. The van der Waals surface area contributed by atoms with E-state index in [9.17, 15) is 14.4 Å². The van der Waals surface area contributed by atoms with Gasteiger partial charge in [0, 0.05) is 17.8 Å². The van der Waals surface area contributed by atoms with Crippen molar-refractivity contribution in [2.75, 3.05) is 13.1 Å². The van der Waals surface area contributed by atoms with E-state index in [-0.39, 0.29) is 6.42 Å². The fourth-order valence-corrected chi connectivity index (χ4v) is 2.41. The summed E-state index contributed by atoms with van der Waals surface area (Å²) in [6.07, 6.45) is 3.31. The fourth-order valence-electron chi connectivity index (χ4n) is 1.69. The lowest BCUT2D eigenvalue weighted by Crippen LogP contribution is -2.40. The van der Waals surface area contributed by atoms with Crippen molar-refractivity contribution >= 4 is 34.1 Å². The third-order valence-electron chi connectivity index (χ3n) is 2.48. The molecule has 20 heavy (non-hydrogen) atoms. The molecule has 0 aromatic carbocycles. The van der Waals surface area contributed by atoms with Crippen LogP contribution >= 0.6 is 11.3 Å². The van der Waals surface area contributed by atoms with Gasteiger partial charge in [0.25, 0.3) is 0 Å². The second kappa shape index (κ2) is 5.70. The summed E-state index contributed by atoms with van der Waals surface area (Å²) < 4.78 is 1.74. The Hall–Kier alpha value is -2.42. The Labute approximate surface area is 116 Å². The van der Waals surface area contributed by atoms with Crippen LogP contribution in [0.15, 0.2) is 17.8 Å². The molecule has 1 amide bonds. The summed E-state index contributed by atoms with van der Waals surface area (Å²) in [6.45, 7) is -1.29. The first kappa shape index (κ1) is 14.0. The van der Waals surface area contributed by atoms with Crippen molar-refractivity contribution in [3.63, 3.8) is 0 Å². The topological polar surface area (TPSA) is 112 Å². The van der Waals surface area contributed by atoms with Crippen molar-refractivity contribution in [3.8, 4) is 0 Å². The highest BCUT2D eigenvalue weighted by molar-refractivity contribution is 7.15. The van der Waals surface area contributed by atoms with E-state index in [0.717, 1.165) is 9.86 Å². The zero-order valence-corrected chi connectivity index (χ0v) is 11.0. The van der Waals surface area contributed by atoms with Gasteiger partial charge in [-0.05, 0) is 0 Å². The molecule has 2 heterocycles. The first-order valence-corrected chi connectivity index (χ1v) is 6.46. The quantitative estimate of drug-likeness (QED) is 0.772. The van der Waals surface area contributed by atoms with Crippen molar-refractivity contribution in [1.29, 1.82) is 0 Å². The van der Waals surface area contributed by atoms with E-state index in [2.05, 4.69) is 4.98 Å². The van der Waals surface area contributed by atoms with Crippen LogP contribution in [0.25, 0.3) is 4.96 Å². The number of hydrogen-bond donors (Lipinski definition) is 2. The number of imidazole rings is 1. The number of carbonyl (C=O) groups excluding carboxylic acids is 1. The lowest BCUT2D eigenvalue weighted by molar-refractivity contribution is -0.149. The molecule has 2 rings (SSSR count). The van der Waals surface area contributed by atoms with Gasteiger partial charge in [0.2, 0.25) is 5.91 Å². The molecule has 2 aromatic heterocycles. The number of carbonyl (C=O) groups is 3. The molecule has 9 heteroatoms. The zero-order chi connectivity index (χ0) is 14.7. The summed E-state index contributed by atoms with van der Waals surface area (Å²) in [6, 6.07) is 0. The number of carboxylic acids is 2. The summed E-state index contributed by atoms with van der Waals surface area (Å²) in [4.78, 5) is 38.9. The van der Waals surface area contributed by atoms with E-state index in [1.54, 1.807) is 16.8 Å². The zero-order valence-electron chi connectivity index (χ0n) is 10.2. The van der Waals surface area contributed by atoms with Crippen LogP contribution in [0.2, 0.25) is 0 Å². The Morgan fingerprint density at radius 3 is 2.45 bits per heavy atom. The summed E-state index contributed by atoms with van der Waals surface area (Å²) in [5, 5.41) is 19.2. The van der Waals surface area contributed by atoms with Crippen LogP contribution in [0.3, 0.4) is 0 Å². The van der Waals surface area contributed by atoms with Gasteiger partial charge in [0.15, 0.2) is 4.96 Å². The average Bonchev–Trinajstić information content (AvgIpc) is 2.87. The molecule has 0 saturated heterocycles. The number of amides is 1. The van der Waals surface area contributed by atoms with Gasteiger partial charge in [-0.1, -0.05) is 0 Å². The second-order valence-corrected chi connectivity index (χ2v) is 4.91. The highest BCUT2D eigenvalue weighted by Crippen LogP contribution is 2.12.